The molecular weight excluding hydrogens is 302 g/mol. The molecule has 0 saturated carbocycles. The van der Waals surface area contributed by atoms with E-state index in [4.69, 9.17) is 5.84 Å². The number of hydrogen-bond acceptors (Lipinski definition) is 7. The number of nitrogen functional groups attached to an aromatic ring is 1. The van der Waals surface area contributed by atoms with Crippen LogP contribution in [0.3, 0.4) is 0 Å². The van der Waals surface area contributed by atoms with Crippen molar-refractivity contribution < 1.29 is 18.1 Å². The van der Waals surface area contributed by atoms with Gasteiger partial charge < -0.3 is 10.7 Å². The van der Waals surface area contributed by atoms with E-state index >= 15 is 0 Å². The van der Waals surface area contributed by atoms with Crippen LogP contribution >= 0.6 is 0 Å². The highest BCUT2D eigenvalue weighted by atomic mass is 32.2. The van der Waals surface area contributed by atoms with Crippen molar-refractivity contribution in [2.45, 2.75) is 11.8 Å². The summed E-state index contributed by atoms with van der Waals surface area (Å²) < 4.78 is 26.2. The maximum absolute atomic E-state index is 12.1. The molecule has 0 bridgehead atoms. The van der Waals surface area contributed by atoms with Crippen molar-refractivity contribution in [3.8, 4) is 0 Å². The number of anilines is 1. The van der Waals surface area contributed by atoms with Crippen LogP contribution in [0, 0.1) is 17.0 Å². The third-order valence-electron chi connectivity index (χ3n) is 2.64. The summed E-state index contributed by atoms with van der Waals surface area (Å²) in [6.45, 7) is 0.988. The maximum Gasteiger partial charge on any atom is 0.295 e. The number of nitrogens with two attached hydrogens (primary N) is 1. The Morgan fingerprint density at radius 2 is 2.05 bits per heavy atom. The van der Waals surface area contributed by atoms with Gasteiger partial charge in [0, 0.05) is 13.1 Å². The van der Waals surface area contributed by atoms with E-state index in [-0.39, 0.29) is 16.1 Å². The van der Waals surface area contributed by atoms with Crippen molar-refractivity contribution in [1.82, 2.24) is 10.0 Å². The van der Waals surface area contributed by atoms with Gasteiger partial charge in [0.1, 0.15) is 5.69 Å². The number of nitro groups is 1. The third-order valence-corrected chi connectivity index (χ3v) is 4.18. The van der Waals surface area contributed by atoms with Crippen molar-refractivity contribution in [3.05, 3.63) is 27.8 Å². The van der Waals surface area contributed by atoms with Gasteiger partial charge in [0.15, 0.2) is 0 Å². The van der Waals surface area contributed by atoms with Crippen LogP contribution in [-0.2, 0) is 14.8 Å². The van der Waals surface area contributed by atoms with E-state index in [1.807, 2.05) is 0 Å². The van der Waals surface area contributed by atoms with Crippen LogP contribution in [0.4, 0.5) is 11.4 Å². The van der Waals surface area contributed by atoms with Crippen molar-refractivity contribution in [3.63, 3.8) is 0 Å². The summed E-state index contributed by atoms with van der Waals surface area (Å²) >= 11 is 0. The number of nitrogens with zero attached hydrogens (tertiary/aromatic N) is 1. The highest BCUT2D eigenvalue weighted by Gasteiger charge is 2.24. The van der Waals surface area contributed by atoms with E-state index in [9.17, 15) is 23.3 Å². The molecule has 1 aromatic rings. The first kappa shape index (κ1) is 16.8. The van der Waals surface area contributed by atoms with Crippen LogP contribution in [0.25, 0.3) is 0 Å². The van der Waals surface area contributed by atoms with Crippen LogP contribution in [0.1, 0.15) is 5.56 Å². The Morgan fingerprint density at radius 3 is 2.52 bits per heavy atom. The summed E-state index contributed by atoms with van der Waals surface area (Å²) in [7, 11) is -2.71. The summed E-state index contributed by atoms with van der Waals surface area (Å²) in [6, 6.07) is 2.13. The summed E-state index contributed by atoms with van der Waals surface area (Å²) in [4.78, 5) is 20.9. The number of hydrazine groups is 1. The Kier molecular flexibility index (Phi) is 5.18. The van der Waals surface area contributed by atoms with E-state index in [0.717, 1.165) is 6.07 Å². The van der Waals surface area contributed by atoms with Gasteiger partial charge in [0.2, 0.25) is 15.9 Å². The van der Waals surface area contributed by atoms with Crippen LogP contribution in [0.5, 0.6) is 0 Å². The van der Waals surface area contributed by atoms with E-state index in [0.29, 0.717) is 0 Å². The summed E-state index contributed by atoms with van der Waals surface area (Å²) in [5.41, 5.74) is 1.89. The Morgan fingerprint density at radius 1 is 1.43 bits per heavy atom. The molecule has 0 spiro atoms. The Balaban J connectivity index is 3.26. The first-order chi connectivity index (χ1) is 9.72. The highest BCUT2D eigenvalue weighted by Crippen LogP contribution is 2.29. The monoisotopic (exact) mass is 317 g/mol. The highest BCUT2D eigenvalue weighted by molar-refractivity contribution is 7.89. The second-order valence-electron chi connectivity index (χ2n) is 4.03. The SMILES string of the molecule is CNC(=O)CNS(=O)(=O)c1cc([N+](=O)[O-])c(NN)cc1C. The Labute approximate surface area is 120 Å². The third kappa shape index (κ3) is 3.87. The number of carbonyl (C=O) groups excluding carboxylic acids is 1. The van der Waals surface area contributed by atoms with E-state index in [2.05, 4.69) is 15.5 Å². The van der Waals surface area contributed by atoms with Gasteiger partial charge in [0.25, 0.3) is 5.69 Å². The fourth-order valence-electron chi connectivity index (χ4n) is 1.56. The number of rotatable bonds is 6. The number of aryl methyl sites for hydroxylation is 1. The molecule has 0 aliphatic carbocycles. The molecule has 0 heterocycles. The molecule has 0 radical (unpaired) electrons. The van der Waals surface area contributed by atoms with Gasteiger partial charge in [0.05, 0.1) is 16.4 Å². The molecular formula is C10H15N5O5S. The van der Waals surface area contributed by atoms with Gasteiger partial charge in [-0.15, -0.1) is 0 Å². The molecule has 0 atom stereocenters. The summed E-state index contributed by atoms with van der Waals surface area (Å²) in [5, 5.41) is 13.2. The lowest BCUT2D eigenvalue weighted by Crippen LogP contribution is -2.35. The molecule has 0 aliphatic heterocycles. The van der Waals surface area contributed by atoms with E-state index in [1.54, 1.807) is 0 Å². The number of benzene rings is 1. The van der Waals surface area contributed by atoms with Crippen molar-refractivity contribution in [2.75, 3.05) is 19.0 Å². The molecule has 10 nitrogen and oxygen atoms in total. The molecule has 21 heavy (non-hydrogen) atoms. The van der Waals surface area contributed by atoms with Crippen molar-refractivity contribution in [2.24, 2.45) is 5.84 Å². The fourth-order valence-corrected chi connectivity index (χ4v) is 2.79. The molecule has 116 valence electrons. The number of likely N-dealkylation sites (N-methyl/N-ethyl adjacent to an activating group) is 1. The largest absolute Gasteiger partial charge is 0.358 e. The lowest BCUT2D eigenvalue weighted by Gasteiger charge is -2.11. The smallest absolute Gasteiger partial charge is 0.295 e. The Hall–Kier alpha value is -2.24. The number of carbonyl (C=O) groups is 1. The summed E-state index contributed by atoms with van der Waals surface area (Å²) in [6.07, 6.45) is 0. The maximum atomic E-state index is 12.1. The van der Waals surface area contributed by atoms with Crippen molar-refractivity contribution >= 4 is 27.3 Å². The van der Waals surface area contributed by atoms with Crippen LogP contribution in [0.15, 0.2) is 17.0 Å². The minimum atomic E-state index is -4.06. The van der Waals surface area contributed by atoms with E-state index < -0.39 is 33.1 Å². The lowest BCUT2D eigenvalue weighted by atomic mass is 10.2. The van der Waals surface area contributed by atoms with Crippen molar-refractivity contribution in [1.29, 1.82) is 0 Å². The molecule has 1 rings (SSSR count). The number of nitro benzene ring substituents is 1. The molecule has 0 unspecified atom stereocenters. The van der Waals surface area contributed by atoms with E-state index in [1.165, 1.54) is 20.0 Å². The second-order valence-corrected chi connectivity index (χ2v) is 5.77. The predicted molar refractivity (Wildman–Crippen MR) is 74.9 cm³/mol. The van der Waals surface area contributed by atoms with Crippen LogP contribution < -0.4 is 21.3 Å². The number of nitrogens with one attached hydrogen (secondary N) is 3. The molecule has 0 aromatic heterocycles. The van der Waals surface area contributed by atoms with Gasteiger partial charge in [-0.3, -0.25) is 20.8 Å². The van der Waals surface area contributed by atoms with Gasteiger partial charge in [-0.05, 0) is 18.6 Å². The van der Waals surface area contributed by atoms with Gasteiger partial charge >= 0.3 is 0 Å². The van der Waals surface area contributed by atoms with Gasteiger partial charge in [-0.1, -0.05) is 0 Å². The molecule has 0 aliphatic rings. The fraction of sp³-hybridized carbons (Fsp3) is 0.300. The molecule has 1 amide bonds. The Bertz CT molecular complexity index is 673. The topological polar surface area (TPSA) is 156 Å². The molecule has 5 N–H and O–H groups in total. The second kappa shape index (κ2) is 6.47. The van der Waals surface area contributed by atoms with Crippen LogP contribution in [-0.4, -0.2) is 32.8 Å². The first-order valence-electron chi connectivity index (χ1n) is 5.68. The molecule has 0 fully saturated rings. The number of amides is 1. The normalized spacial score (nSPS) is 11.0. The molecule has 11 heteroatoms. The minimum absolute atomic E-state index is 0.0113. The minimum Gasteiger partial charge on any atom is -0.358 e. The standard InChI is InChI=1S/C10H15N5O5S/c1-6-3-7(14-11)8(15(17)18)4-9(6)21(19,20)13-5-10(16)12-2/h3-4,13-14H,5,11H2,1-2H3,(H,12,16). The zero-order valence-electron chi connectivity index (χ0n) is 11.3. The molecule has 0 saturated heterocycles. The average Bonchev–Trinajstić information content (AvgIpc) is 2.43. The van der Waals surface area contributed by atoms with Gasteiger partial charge in [-0.25, -0.2) is 13.1 Å². The predicted octanol–water partition coefficient (Wildman–Crippen LogP) is -0.787. The van der Waals surface area contributed by atoms with Gasteiger partial charge in [-0.2, -0.15) is 0 Å². The zero-order chi connectivity index (χ0) is 16.2. The molecule has 1 aromatic carbocycles. The summed E-state index contributed by atoms with van der Waals surface area (Å²) in [5.74, 6) is 4.62. The average molecular weight is 317 g/mol. The lowest BCUT2D eigenvalue weighted by molar-refractivity contribution is -0.384. The quantitative estimate of drug-likeness (QED) is 0.304. The first-order valence-corrected chi connectivity index (χ1v) is 7.17. The van der Waals surface area contributed by atoms with Crippen LogP contribution in [0.2, 0.25) is 0 Å². The number of hydrogen-bond donors (Lipinski definition) is 4. The number of sulfonamides is 1. The zero-order valence-corrected chi connectivity index (χ0v) is 12.2.